The zero-order chi connectivity index (χ0) is 18.9. The molecule has 0 unspecified atom stereocenters. The van der Waals surface area contributed by atoms with Crippen molar-refractivity contribution in [3.8, 4) is 11.5 Å². The first-order chi connectivity index (χ1) is 12.5. The van der Waals surface area contributed by atoms with E-state index in [-0.39, 0.29) is 6.61 Å². The molecule has 138 valence electrons. The molecule has 2 rings (SSSR count). The van der Waals surface area contributed by atoms with E-state index < -0.39 is 11.8 Å². The van der Waals surface area contributed by atoms with E-state index in [2.05, 4.69) is 26.8 Å². The molecule has 0 atom stereocenters. The van der Waals surface area contributed by atoms with Gasteiger partial charge in [-0.1, -0.05) is 25.1 Å². The van der Waals surface area contributed by atoms with Crippen molar-refractivity contribution in [3.05, 3.63) is 58.1 Å². The number of rotatable bonds is 7. The van der Waals surface area contributed by atoms with Crippen molar-refractivity contribution in [1.29, 1.82) is 0 Å². The fourth-order valence-corrected chi connectivity index (χ4v) is 2.70. The van der Waals surface area contributed by atoms with Gasteiger partial charge in [0.05, 0.1) is 16.6 Å². The maximum Gasteiger partial charge on any atom is 0.276 e. The molecular formula is C19H21BrN2O4. The Kier molecular flexibility index (Phi) is 7.47. The number of aryl methyl sites for hydroxylation is 1. The molecule has 0 aliphatic rings. The van der Waals surface area contributed by atoms with Crippen molar-refractivity contribution in [2.24, 2.45) is 0 Å². The first kappa shape index (κ1) is 19.8. The topological polar surface area (TPSA) is 76.7 Å². The Morgan fingerprint density at radius 3 is 2.54 bits per heavy atom. The molecule has 0 aliphatic carbocycles. The van der Waals surface area contributed by atoms with Crippen LogP contribution in [-0.4, -0.2) is 25.0 Å². The normalized spacial score (nSPS) is 10.1. The first-order valence-corrected chi connectivity index (χ1v) is 9.00. The van der Waals surface area contributed by atoms with Gasteiger partial charge in [-0.15, -0.1) is 0 Å². The maximum atomic E-state index is 12.2. The first-order valence-electron chi connectivity index (χ1n) is 8.21. The Balaban J connectivity index is 1.86. The lowest BCUT2D eigenvalue weighted by Gasteiger charge is -2.12. The fourth-order valence-electron chi connectivity index (χ4n) is 2.09. The van der Waals surface area contributed by atoms with Crippen LogP contribution in [-0.2, 0) is 4.79 Å². The lowest BCUT2D eigenvalue weighted by molar-refractivity contribution is -0.123. The molecule has 2 N–H and O–H groups in total. The highest BCUT2D eigenvalue weighted by molar-refractivity contribution is 9.10. The van der Waals surface area contributed by atoms with Gasteiger partial charge in [-0.2, -0.15) is 0 Å². The average Bonchev–Trinajstić information content (AvgIpc) is 2.64. The molecule has 0 fully saturated rings. The molecule has 0 bridgehead atoms. The number of hydrogen-bond acceptors (Lipinski definition) is 4. The highest BCUT2D eigenvalue weighted by Gasteiger charge is 2.13. The summed E-state index contributed by atoms with van der Waals surface area (Å²) >= 11 is 3.38. The lowest BCUT2D eigenvalue weighted by atomic mass is 10.2. The summed E-state index contributed by atoms with van der Waals surface area (Å²) in [5.74, 6) is 0.0932. The van der Waals surface area contributed by atoms with Crippen molar-refractivity contribution < 1.29 is 19.1 Å². The Bertz CT molecular complexity index is 780. The largest absolute Gasteiger partial charge is 0.493 e. The van der Waals surface area contributed by atoms with E-state index in [1.807, 2.05) is 26.0 Å². The van der Waals surface area contributed by atoms with Crippen LogP contribution in [0.3, 0.4) is 0 Å². The zero-order valence-corrected chi connectivity index (χ0v) is 16.3. The van der Waals surface area contributed by atoms with E-state index in [0.717, 1.165) is 16.5 Å². The molecule has 6 nitrogen and oxygen atoms in total. The van der Waals surface area contributed by atoms with Crippen molar-refractivity contribution >= 4 is 27.7 Å². The number of ether oxygens (including phenoxy) is 2. The van der Waals surface area contributed by atoms with Crippen LogP contribution in [0.15, 0.2) is 46.9 Å². The number of carbonyl (C=O) groups excluding carboxylic acids is 2. The minimum absolute atomic E-state index is 0.226. The number of halogens is 1. The summed E-state index contributed by atoms with van der Waals surface area (Å²) in [5, 5.41) is 0. The molecule has 0 saturated carbocycles. The zero-order valence-electron chi connectivity index (χ0n) is 14.7. The summed E-state index contributed by atoms with van der Waals surface area (Å²) in [4.78, 5) is 24.1. The van der Waals surface area contributed by atoms with Crippen molar-refractivity contribution in [2.75, 3.05) is 13.2 Å². The summed E-state index contributed by atoms with van der Waals surface area (Å²) in [6.07, 6.45) is 0.832. The summed E-state index contributed by atoms with van der Waals surface area (Å²) in [6.45, 7) is 4.22. The van der Waals surface area contributed by atoms with Gasteiger partial charge in [0.2, 0.25) is 0 Å². The molecule has 2 aromatic carbocycles. The SMILES string of the molecule is CCCOc1ccccc1C(=O)NNC(=O)COc1ccc(C)cc1Br. The minimum atomic E-state index is -0.474. The van der Waals surface area contributed by atoms with E-state index in [1.165, 1.54) is 0 Å². The van der Waals surface area contributed by atoms with Crippen LogP contribution in [0, 0.1) is 6.92 Å². The van der Waals surface area contributed by atoms with E-state index in [1.54, 1.807) is 30.3 Å². The molecule has 2 aromatic rings. The summed E-state index contributed by atoms with van der Waals surface area (Å²) in [7, 11) is 0. The second-order valence-corrected chi connectivity index (χ2v) is 6.42. The van der Waals surface area contributed by atoms with Gasteiger partial charge in [-0.05, 0) is 59.1 Å². The average molecular weight is 421 g/mol. The van der Waals surface area contributed by atoms with Crippen molar-refractivity contribution in [2.45, 2.75) is 20.3 Å². The number of benzene rings is 2. The van der Waals surface area contributed by atoms with Crippen LogP contribution in [0.5, 0.6) is 11.5 Å². The quantitative estimate of drug-likeness (QED) is 0.673. The fraction of sp³-hybridized carbons (Fsp3) is 0.263. The van der Waals surface area contributed by atoms with E-state index >= 15 is 0 Å². The standard InChI is InChI=1S/C19H21BrN2O4/c1-3-10-25-16-7-5-4-6-14(16)19(24)22-21-18(23)12-26-17-9-8-13(2)11-15(17)20/h4-9,11H,3,10,12H2,1-2H3,(H,21,23)(H,22,24). The highest BCUT2D eigenvalue weighted by atomic mass is 79.9. The Morgan fingerprint density at radius 1 is 1.04 bits per heavy atom. The summed E-state index contributed by atoms with van der Waals surface area (Å²) < 4.78 is 11.7. The second-order valence-electron chi connectivity index (χ2n) is 5.57. The third-order valence-electron chi connectivity index (χ3n) is 3.35. The van der Waals surface area contributed by atoms with Crippen molar-refractivity contribution in [3.63, 3.8) is 0 Å². The number of hydrazine groups is 1. The van der Waals surface area contributed by atoms with Crippen LogP contribution in [0.2, 0.25) is 0 Å². The van der Waals surface area contributed by atoms with Crippen LogP contribution in [0.1, 0.15) is 29.3 Å². The molecule has 0 aliphatic heterocycles. The Morgan fingerprint density at radius 2 is 1.81 bits per heavy atom. The molecule has 0 radical (unpaired) electrons. The van der Waals surface area contributed by atoms with Gasteiger partial charge in [0.1, 0.15) is 11.5 Å². The molecule has 26 heavy (non-hydrogen) atoms. The Hall–Kier alpha value is -2.54. The summed E-state index contributed by atoms with van der Waals surface area (Å²) in [5.41, 5.74) is 6.12. The smallest absolute Gasteiger partial charge is 0.276 e. The number of carbonyl (C=O) groups is 2. The van der Waals surface area contributed by atoms with Crippen LogP contribution in [0.4, 0.5) is 0 Å². The third kappa shape index (κ3) is 5.77. The molecule has 7 heteroatoms. The Labute approximate surface area is 161 Å². The predicted molar refractivity (Wildman–Crippen MR) is 102 cm³/mol. The molecule has 2 amide bonds. The highest BCUT2D eigenvalue weighted by Crippen LogP contribution is 2.25. The third-order valence-corrected chi connectivity index (χ3v) is 3.97. The molecule has 0 aromatic heterocycles. The molecule has 0 saturated heterocycles. The van der Waals surface area contributed by atoms with E-state index in [9.17, 15) is 9.59 Å². The van der Waals surface area contributed by atoms with Crippen LogP contribution >= 0.6 is 15.9 Å². The van der Waals surface area contributed by atoms with E-state index in [4.69, 9.17) is 9.47 Å². The van der Waals surface area contributed by atoms with Gasteiger partial charge in [-0.25, -0.2) is 0 Å². The van der Waals surface area contributed by atoms with Gasteiger partial charge in [0.25, 0.3) is 11.8 Å². The minimum Gasteiger partial charge on any atom is -0.493 e. The number of amides is 2. The second kappa shape index (κ2) is 9.82. The van der Waals surface area contributed by atoms with Crippen LogP contribution in [0.25, 0.3) is 0 Å². The molecular weight excluding hydrogens is 400 g/mol. The molecule has 0 heterocycles. The van der Waals surface area contributed by atoms with Crippen LogP contribution < -0.4 is 20.3 Å². The van der Waals surface area contributed by atoms with Gasteiger partial charge in [0.15, 0.2) is 6.61 Å². The molecule has 0 spiro atoms. The lowest BCUT2D eigenvalue weighted by Crippen LogP contribution is -2.44. The predicted octanol–water partition coefficient (Wildman–Crippen LogP) is 3.39. The number of para-hydroxylation sites is 1. The number of hydrogen-bond donors (Lipinski definition) is 2. The summed E-state index contributed by atoms with van der Waals surface area (Å²) in [6, 6.07) is 12.4. The van der Waals surface area contributed by atoms with Gasteiger partial charge >= 0.3 is 0 Å². The van der Waals surface area contributed by atoms with Gasteiger partial charge in [-0.3, -0.25) is 20.4 Å². The maximum absolute atomic E-state index is 12.2. The van der Waals surface area contributed by atoms with Crippen molar-refractivity contribution in [1.82, 2.24) is 10.9 Å². The van der Waals surface area contributed by atoms with Gasteiger partial charge in [0, 0.05) is 0 Å². The monoisotopic (exact) mass is 420 g/mol. The van der Waals surface area contributed by atoms with E-state index in [0.29, 0.717) is 23.7 Å². The van der Waals surface area contributed by atoms with Gasteiger partial charge < -0.3 is 9.47 Å². The number of nitrogens with one attached hydrogen (secondary N) is 2.